The highest BCUT2D eigenvalue weighted by Crippen LogP contribution is 2.50. The molecule has 0 radical (unpaired) electrons. The molecule has 0 unspecified atom stereocenters. The number of methoxy groups -OCH3 is 2. The minimum atomic E-state index is -1.15. The van der Waals surface area contributed by atoms with Gasteiger partial charge < -0.3 is 24.1 Å². The Hall–Kier alpha value is -3.42. The van der Waals surface area contributed by atoms with Crippen molar-refractivity contribution < 1.29 is 33.6 Å². The molecule has 1 aliphatic carbocycles. The molecule has 1 amide bonds. The minimum absolute atomic E-state index is 0.287. The van der Waals surface area contributed by atoms with Crippen molar-refractivity contribution in [2.75, 3.05) is 20.8 Å². The zero-order valence-electron chi connectivity index (χ0n) is 20.4. The van der Waals surface area contributed by atoms with Crippen molar-refractivity contribution in [2.45, 2.75) is 52.2 Å². The summed E-state index contributed by atoms with van der Waals surface area (Å²) in [5, 5.41) is 9.51. The number of carbonyl (C=O) groups is 2. The molecule has 0 saturated heterocycles. The monoisotopic (exact) mass is 469 g/mol. The number of amides is 1. The number of para-hydroxylation sites is 1. The summed E-state index contributed by atoms with van der Waals surface area (Å²) in [6.07, 6.45) is 2.11. The molecule has 0 fully saturated rings. The molecule has 2 aliphatic heterocycles. The van der Waals surface area contributed by atoms with Crippen LogP contribution in [0, 0.1) is 5.41 Å². The zero-order chi connectivity index (χ0) is 24.8. The summed E-state index contributed by atoms with van der Waals surface area (Å²) in [4.78, 5) is 27.0. The number of carbonyl (C=O) groups excluding carboxylic acids is 1. The highest BCUT2D eigenvalue weighted by molar-refractivity contribution is 5.89. The van der Waals surface area contributed by atoms with Gasteiger partial charge in [-0.1, -0.05) is 39.0 Å². The quantitative estimate of drug-likeness (QED) is 0.697. The molecule has 0 spiro atoms. The standard InChI is InChI=1S/C26H31NO7/c1-14-10-16(15-8-7-9-18(31-5)23(15)32-6)24-22-17(14)12-33-13-20(26(2,3)4)27(22)25(30)19(34-24)11-21(28)29/h7-10,12,16,19-20H,11,13H2,1-6H3,(H,28,29)/t16-,19+,20-/m0/s1. The maximum Gasteiger partial charge on any atom is 0.307 e. The van der Waals surface area contributed by atoms with Gasteiger partial charge in [0.05, 0.1) is 44.6 Å². The lowest BCUT2D eigenvalue weighted by Crippen LogP contribution is -2.55. The maximum atomic E-state index is 13.7. The lowest BCUT2D eigenvalue weighted by atomic mass is 9.80. The molecule has 3 aliphatic rings. The molecule has 2 heterocycles. The molecule has 0 saturated carbocycles. The van der Waals surface area contributed by atoms with Crippen molar-refractivity contribution >= 4 is 11.9 Å². The third-order valence-electron chi connectivity index (χ3n) is 6.53. The second-order valence-electron chi connectivity index (χ2n) is 9.78. The van der Waals surface area contributed by atoms with E-state index in [2.05, 4.69) is 0 Å². The van der Waals surface area contributed by atoms with Gasteiger partial charge in [-0.05, 0) is 24.0 Å². The fraction of sp³-hybridized carbons (Fsp3) is 0.462. The van der Waals surface area contributed by atoms with Gasteiger partial charge in [0.1, 0.15) is 12.4 Å². The maximum absolute atomic E-state index is 13.7. The van der Waals surface area contributed by atoms with Gasteiger partial charge >= 0.3 is 5.97 Å². The number of aliphatic carboxylic acids is 1. The van der Waals surface area contributed by atoms with Crippen LogP contribution in [0.15, 0.2) is 53.1 Å². The number of allylic oxidation sites excluding steroid dienone is 2. The van der Waals surface area contributed by atoms with E-state index in [4.69, 9.17) is 18.9 Å². The van der Waals surface area contributed by atoms with E-state index < -0.39 is 24.4 Å². The van der Waals surface area contributed by atoms with Crippen LogP contribution in [0.5, 0.6) is 11.5 Å². The molecule has 4 rings (SSSR count). The number of benzene rings is 1. The second kappa shape index (κ2) is 8.74. The molecule has 34 heavy (non-hydrogen) atoms. The topological polar surface area (TPSA) is 94.5 Å². The Morgan fingerprint density at radius 3 is 2.59 bits per heavy atom. The van der Waals surface area contributed by atoms with Gasteiger partial charge in [-0.15, -0.1) is 0 Å². The summed E-state index contributed by atoms with van der Waals surface area (Å²) in [6, 6.07) is 5.27. The summed E-state index contributed by atoms with van der Waals surface area (Å²) >= 11 is 0. The predicted molar refractivity (Wildman–Crippen MR) is 124 cm³/mol. The number of nitrogens with zero attached hydrogens (tertiary/aromatic N) is 1. The Labute approximate surface area is 199 Å². The molecule has 1 aromatic rings. The summed E-state index contributed by atoms with van der Waals surface area (Å²) in [7, 11) is 3.15. The van der Waals surface area contributed by atoms with E-state index in [9.17, 15) is 14.7 Å². The van der Waals surface area contributed by atoms with E-state index in [1.807, 2.05) is 52.0 Å². The predicted octanol–water partition coefficient (Wildman–Crippen LogP) is 3.99. The van der Waals surface area contributed by atoms with Crippen LogP contribution in [0.25, 0.3) is 0 Å². The summed E-state index contributed by atoms with van der Waals surface area (Å²) in [5.74, 6) is -0.255. The van der Waals surface area contributed by atoms with Crippen LogP contribution in [0.3, 0.4) is 0 Å². The Morgan fingerprint density at radius 1 is 1.24 bits per heavy atom. The summed E-state index contributed by atoms with van der Waals surface area (Å²) < 4.78 is 23.3. The smallest absolute Gasteiger partial charge is 0.307 e. The van der Waals surface area contributed by atoms with Gasteiger partial charge in [0.25, 0.3) is 5.91 Å². The number of rotatable bonds is 5. The molecule has 1 aromatic carbocycles. The molecule has 0 aromatic heterocycles. The molecule has 0 bridgehead atoms. The van der Waals surface area contributed by atoms with Crippen molar-refractivity contribution in [1.82, 2.24) is 4.90 Å². The van der Waals surface area contributed by atoms with E-state index >= 15 is 0 Å². The molecule has 1 N–H and O–H groups in total. The van der Waals surface area contributed by atoms with E-state index in [1.54, 1.807) is 25.4 Å². The third kappa shape index (κ3) is 3.91. The largest absolute Gasteiger partial charge is 0.498 e. The molecule has 8 nitrogen and oxygen atoms in total. The first kappa shape index (κ1) is 23.7. The van der Waals surface area contributed by atoms with Crippen LogP contribution >= 0.6 is 0 Å². The van der Waals surface area contributed by atoms with Crippen molar-refractivity contribution in [1.29, 1.82) is 0 Å². The average molecular weight is 470 g/mol. The molecule has 3 atom stereocenters. The van der Waals surface area contributed by atoms with Crippen molar-refractivity contribution in [3.63, 3.8) is 0 Å². The van der Waals surface area contributed by atoms with Crippen LogP contribution in [-0.4, -0.2) is 54.9 Å². The number of ether oxygens (including phenoxy) is 4. The Bertz CT molecular complexity index is 1110. The van der Waals surface area contributed by atoms with Crippen LogP contribution in [0.2, 0.25) is 0 Å². The first-order chi connectivity index (χ1) is 16.1. The van der Waals surface area contributed by atoms with Crippen LogP contribution < -0.4 is 9.47 Å². The number of hydrogen-bond donors (Lipinski definition) is 1. The first-order valence-corrected chi connectivity index (χ1v) is 11.3. The van der Waals surface area contributed by atoms with E-state index in [-0.39, 0.29) is 24.0 Å². The van der Waals surface area contributed by atoms with Crippen LogP contribution in [0.1, 0.15) is 45.6 Å². The Balaban J connectivity index is 1.97. The van der Waals surface area contributed by atoms with E-state index in [0.717, 1.165) is 16.7 Å². The van der Waals surface area contributed by atoms with Gasteiger partial charge in [0.2, 0.25) is 0 Å². The van der Waals surface area contributed by atoms with Crippen molar-refractivity contribution in [3.8, 4) is 11.5 Å². The molecular formula is C26H31NO7. The minimum Gasteiger partial charge on any atom is -0.498 e. The second-order valence-corrected chi connectivity index (χ2v) is 9.78. The van der Waals surface area contributed by atoms with E-state index in [1.165, 1.54) is 0 Å². The Morgan fingerprint density at radius 2 is 1.97 bits per heavy atom. The average Bonchev–Trinajstić information content (AvgIpc) is 2.99. The normalized spacial score (nSPS) is 24.2. The Kier molecular flexibility index (Phi) is 6.10. The molecule has 182 valence electrons. The number of carboxylic acid groups (broad SMARTS) is 1. The molecule has 8 heteroatoms. The number of carboxylic acids is 1. The van der Waals surface area contributed by atoms with Gasteiger partial charge in [-0.3, -0.25) is 14.5 Å². The van der Waals surface area contributed by atoms with Gasteiger partial charge in [-0.25, -0.2) is 0 Å². The highest BCUT2D eigenvalue weighted by atomic mass is 16.5. The van der Waals surface area contributed by atoms with Crippen LogP contribution in [-0.2, 0) is 19.1 Å². The zero-order valence-corrected chi connectivity index (χ0v) is 20.4. The lowest BCUT2D eigenvalue weighted by molar-refractivity contribution is -0.155. The SMILES string of the molecule is COc1cccc([C@@H]2C=C(C)C3=COC[C@@H](C(C)(C)C)N4C(=O)[C@@H](CC(=O)O)OC2=C34)c1OC. The summed E-state index contributed by atoms with van der Waals surface area (Å²) in [5.41, 5.74) is 2.76. The van der Waals surface area contributed by atoms with Crippen molar-refractivity contribution in [2.24, 2.45) is 5.41 Å². The fourth-order valence-electron chi connectivity index (χ4n) is 4.80. The third-order valence-corrected chi connectivity index (χ3v) is 6.53. The highest BCUT2D eigenvalue weighted by Gasteiger charge is 2.49. The summed E-state index contributed by atoms with van der Waals surface area (Å²) in [6.45, 7) is 8.36. The van der Waals surface area contributed by atoms with Gasteiger partial charge in [0, 0.05) is 11.1 Å². The van der Waals surface area contributed by atoms with E-state index in [0.29, 0.717) is 23.0 Å². The van der Waals surface area contributed by atoms with Crippen LogP contribution in [0.4, 0.5) is 0 Å². The first-order valence-electron chi connectivity index (χ1n) is 11.3. The van der Waals surface area contributed by atoms with Gasteiger partial charge in [-0.2, -0.15) is 0 Å². The lowest BCUT2D eigenvalue weighted by Gasteiger charge is -2.46. The fourth-order valence-corrected chi connectivity index (χ4v) is 4.80. The van der Waals surface area contributed by atoms with Crippen molar-refractivity contribution in [3.05, 3.63) is 58.7 Å². The number of hydrogen-bond acceptors (Lipinski definition) is 6. The molecular weight excluding hydrogens is 438 g/mol. The van der Waals surface area contributed by atoms with Gasteiger partial charge in [0.15, 0.2) is 17.6 Å².